The average molecular weight is 250 g/mol. The third kappa shape index (κ3) is 3.48. The van der Waals surface area contributed by atoms with Gasteiger partial charge in [0.05, 0.1) is 6.54 Å². The van der Waals surface area contributed by atoms with Gasteiger partial charge in [-0.25, -0.2) is 0 Å². The summed E-state index contributed by atoms with van der Waals surface area (Å²) in [5.41, 5.74) is 0. The van der Waals surface area contributed by atoms with Crippen molar-refractivity contribution in [2.24, 2.45) is 0 Å². The zero-order chi connectivity index (χ0) is 11.9. The van der Waals surface area contributed by atoms with Crippen molar-refractivity contribution in [1.29, 1.82) is 0 Å². The van der Waals surface area contributed by atoms with E-state index in [9.17, 15) is 0 Å². The first kappa shape index (κ1) is 12.5. The topological polar surface area (TPSA) is 42.7 Å². The summed E-state index contributed by atoms with van der Waals surface area (Å²) in [6.45, 7) is 2.62. The molecule has 1 N–H and O–H groups in total. The number of rotatable bonds is 5. The summed E-state index contributed by atoms with van der Waals surface area (Å²) in [5.74, 6) is 4.71. The minimum Gasteiger partial charge on any atom is -0.306 e. The molecular formula is C12H18N4S. The van der Waals surface area contributed by atoms with E-state index in [-0.39, 0.29) is 0 Å². The molecule has 17 heavy (non-hydrogen) atoms. The summed E-state index contributed by atoms with van der Waals surface area (Å²) in [7, 11) is 0. The van der Waals surface area contributed by atoms with Crippen LogP contribution in [-0.2, 0) is 13.0 Å². The third-order valence-corrected chi connectivity index (χ3v) is 3.78. The van der Waals surface area contributed by atoms with E-state index in [1.165, 1.54) is 19.3 Å². The highest BCUT2D eigenvalue weighted by Gasteiger charge is 2.14. The molecule has 2 heterocycles. The maximum absolute atomic E-state index is 5.17. The molecule has 1 aromatic rings. The first-order valence-corrected chi connectivity index (χ1v) is 7.09. The Morgan fingerprint density at radius 1 is 1.35 bits per heavy atom. The molecule has 1 aliphatic heterocycles. The van der Waals surface area contributed by atoms with Crippen LogP contribution in [0.4, 0.5) is 0 Å². The molecule has 5 heteroatoms. The van der Waals surface area contributed by atoms with Gasteiger partial charge >= 0.3 is 0 Å². The van der Waals surface area contributed by atoms with Crippen molar-refractivity contribution in [2.45, 2.75) is 37.4 Å². The highest BCUT2D eigenvalue weighted by Crippen LogP contribution is 2.21. The van der Waals surface area contributed by atoms with Crippen LogP contribution in [0, 0.1) is 12.3 Å². The zero-order valence-corrected chi connectivity index (χ0v) is 10.8. The van der Waals surface area contributed by atoms with Crippen molar-refractivity contribution in [3.05, 3.63) is 5.82 Å². The van der Waals surface area contributed by atoms with Gasteiger partial charge in [-0.2, -0.15) is 0 Å². The quantitative estimate of drug-likeness (QED) is 0.486. The summed E-state index contributed by atoms with van der Waals surface area (Å²) in [4.78, 5) is 0. The predicted octanol–water partition coefficient (Wildman–Crippen LogP) is 1.32. The van der Waals surface area contributed by atoms with E-state index in [0.29, 0.717) is 6.54 Å². The van der Waals surface area contributed by atoms with Gasteiger partial charge in [-0.15, -0.1) is 16.6 Å². The van der Waals surface area contributed by atoms with Gasteiger partial charge in [0.15, 0.2) is 5.16 Å². The van der Waals surface area contributed by atoms with Crippen LogP contribution in [0.25, 0.3) is 0 Å². The number of thioether (sulfide) groups is 1. The lowest BCUT2D eigenvalue weighted by Gasteiger charge is -2.06. The summed E-state index contributed by atoms with van der Waals surface area (Å²) >= 11 is 1.76. The lowest BCUT2D eigenvalue weighted by atomic mass is 10.2. The molecule has 0 spiro atoms. The van der Waals surface area contributed by atoms with E-state index < -0.39 is 0 Å². The second kappa shape index (κ2) is 6.67. The van der Waals surface area contributed by atoms with Crippen LogP contribution in [0.1, 0.15) is 25.1 Å². The molecule has 0 saturated carbocycles. The number of nitrogens with zero attached hydrogens (tertiary/aromatic N) is 3. The highest BCUT2D eigenvalue weighted by molar-refractivity contribution is 7.99. The molecule has 0 amide bonds. The number of nitrogens with one attached hydrogen (secondary N) is 1. The van der Waals surface area contributed by atoms with Crippen molar-refractivity contribution in [3.8, 4) is 12.3 Å². The van der Waals surface area contributed by atoms with Gasteiger partial charge < -0.3 is 9.88 Å². The summed E-state index contributed by atoms with van der Waals surface area (Å²) < 4.78 is 2.28. The normalized spacial score (nSPS) is 15.0. The van der Waals surface area contributed by atoms with Crippen molar-refractivity contribution < 1.29 is 0 Å². The van der Waals surface area contributed by atoms with Gasteiger partial charge in [0.25, 0.3) is 0 Å². The van der Waals surface area contributed by atoms with Crippen LogP contribution in [-0.4, -0.2) is 33.6 Å². The Bertz CT molecular complexity index is 394. The number of terminal acetylenes is 1. The maximum Gasteiger partial charge on any atom is 0.191 e. The average Bonchev–Trinajstić information content (AvgIpc) is 2.59. The van der Waals surface area contributed by atoms with Gasteiger partial charge in [-0.1, -0.05) is 24.1 Å². The van der Waals surface area contributed by atoms with Gasteiger partial charge in [-0.3, -0.25) is 0 Å². The summed E-state index contributed by atoms with van der Waals surface area (Å²) in [6.07, 6.45) is 10.0. The van der Waals surface area contributed by atoms with E-state index in [4.69, 9.17) is 6.42 Å². The number of aromatic nitrogens is 3. The molecule has 0 aliphatic carbocycles. The molecule has 0 aromatic carbocycles. The first-order valence-electron chi connectivity index (χ1n) is 6.11. The van der Waals surface area contributed by atoms with E-state index in [1.54, 1.807) is 11.8 Å². The fraction of sp³-hybridized carbons (Fsp3) is 0.667. The molecule has 0 bridgehead atoms. The predicted molar refractivity (Wildman–Crippen MR) is 70.0 cm³/mol. The molecule has 2 rings (SSSR count). The number of aryl methyl sites for hydroxylation is 1. The highest BCUT2D eigenvalue weighted by atomic mass is 32.2. The molecule has 0 radical (unpaired) electrons. The van der Waals surface area contributed by atoms with Gasteiger partial charge in [0.1, 0.15) is 5.82 Å². The van der Waals surface area contributed by atoms with Crippen molar-refractivity contribution >= 4 is 11.8 Å². The third-order valence-electron chi connectivity index (χ3n) is 2.81. The SMILES string of the molecule is C#CCNCCSc1nnc2n1CCCCC2. The number of fused-ring (bicyclic) bond motifs is 1. The fourth-order valence-electron chi connectivity index (χ4n) is 1.94. The molecule has 4 nitrogen and oxygen atoms in total. The molecule has 0 saturated heterocycles. The van der Waals surface area contributed by atoms with Crippen molar-refractivity contribution in [3.63, 3.8) is 0 Å². The van der Waals surface area contributed by atoms with E-state index >= 15 is 0 Å². The minimum absolute atomic E-state index is 0.637. The molecule has 92 valence electrons. The van der Waals surface area contributed by atoms with Gasteiger partial charge in [0, 0.05) is 25.3 Å². The second-order valence-electron chi connectivity index (χ2n) is 4.09. The second-order valence-corrected chi connectivity index (χ2v) is 5.15. The van der Waals surface area contributed by atoms with Gasteiger partial charge in [0.2, 0.25) is 0 Å². The Labute approximate surface area is 107 Å². The number of hydrogen-bond acceptors (Lipinski definition) is 4. The summed E-state index contributed by atoms with van der Waals surface area (Å²) in [5, 5.41) is 12.8. The smallest absolute Gasteiger partial charge is 0.191 e. The van der Waals surface area contributed by atoms with E-state index in [0.717, 1.165) is 36.2 Å². The molecule has 1 aliphatic rings. The van der Waals surface area contributed by atoms with Gasteiger partial charge in [-0.05, 0) is 12.8 Å². The van der Waals surface area contributed by atoms with Crippen LogP contribution in [0.15, 0.2) is 5.16 Å². The van der Waals surface area contributed by atoms with Crippen LogP contribution in [0.3, 0.4) is 0 Å². The lowest BCUT2D eigenvalue weighted by molar-refractivity contribution is 0.590. The van der Waals surface area contributed by atoms with E-state index in [2.05, 4.69) is 26.0 Å². The molecule has 0 atom stereocenters. The molecule has 0 unspecified atom stereocenters. The maximum atomic E-state index is 5.17. The fourth-order valence-corrected chi connectivity index (χ4v) is 2.82. The monoisotopic (exact) mass is 250 g/mol. The van der Waals surface area contributed by atoms with Crippen LogP contribution in [0.2, 0.25) is 0 Å². The van der Waals surface area contributed by atoms with E-state index in [1.807, 2.05) is 0 Å². The lowest BCUT2D eigenvalue weighted by Crippen LogP contribution is -2.17. The Balaban J connectivity index is 1.84. The number of hydrogen-bond donors (Lipinski definition) is 1. The molecular weight excluding hydrogens is 232 g/mol. The van der Waals surface area contributed by atoms with Crippen molar-refractivity contribution in [1.82, 2.24) is 20.1 Å². The van der Waals surface area contributed by atoms with Crippen LogP contribution in [0.5, 0.6) is 0 Å². The van der Waals surface area contributed by atoms with Crippen LogP contribution < -0.4 is 5.32 Å². The summed E-state index contributed by atoms with van der Waals surface area (Å²) in [6, 6.07) is 0. The largest absolute Gasteiger partial charge is 0.306 e. The zero-order valence-electron chi connectivity index (χ0n) is 9.98. The Kier molecular flexibility index (Phi) is 4.89. The standard InChI is InChI=1S/C12H18N4S/c1-2-7-13-8-10-17-12-15-14-11-6-4-3-5-9-16(11)12/h1,13H,3-10H2. The van der Waals surface area contributed by atoms with Crippen molar-refractivity contribution in [2.75, 3.05) is 18.8 Å². The molecule has 0 fully saturated rings. The first-order chi connectivity index (χ1) is 8.42. The Hall–Kier alpha value is -0.990. The minimum atomic E-state index is 0.637. The molecule has 1 aromatic heterocycles. The Morgan fingerprint density at radius 3 is 3.18 bits per heavy atom. The Morgan fingerprint density at radius 2 is 2.29 bits per heavy atom. The van der Waals surface area contributed by atoms with Crippen LogP contribution >= 0.6 is 11.8 Å².